The molecule has 4 nitrogen and oxygen atoms in total. The predicted octanol–water partition coefficient (Wildman–Crippen LogP) is 2.04. The average molecular weight is 290 g/mol. The lowest BCUT2D eigenvalue weighted by atomic mass is 10.1. The molecule has 0 radical (unpaired) electrons. The number of hydrogen-bond acceptors (Lipinski definition) is 5. The van der Waals surface area contributed by atoms with E-state index in [0.29, 0.717) is 13.2 Å². The average Bonchev–Trinajstić information content (AvgIpc) is 3.01. The zero-order valence-electron chi connectivity index (χ0n) is 11.4. The highest BCUT2D eigenvalue weighted by Gasteiger charge is 2.30. The third-order valence-corrected chi connectivity index (χ3v) is 4.45. The summed E-state index contributed by atoms with van der Waals surface area (Å²) in [5.74, 6) is 0. The Morgan fingerprint density at radius 3 is 3.15 bits per heavy atom. The SMILES string of the molecule is COCc1nc(CN[C@H]2c3ccccc3C[C@@H]2O)cs1. The van der Waals surface area contributed by atoms with Gasteiger partial charge in [-0.25, -0.2) is 4.98 Å². The standard InChI is InChI=1S/C15H18N2O2S/c1-19-8-14-17-11(9-20-14)7-16-15-12-5-3-2-4-10(12)6-13(15)18/h2-5,9,13,15-16,18H,6-8H2,1H3/t13-,15-/m0/s1. The number of aliphatic hydroxyl groups is 1. The molecule has 3 rings (SSSR count). The van der Waals surface area contributed by atoms with Crippen LogP contribution in [0.5, 0.6) is 0 Å². The van der Waals surface area contributed by atoms with Gasteiger partial charge in [-0.15, -0.1) is 11.3 Å². The summed E-state index contributed by atoms with van der Waals surface area (Å²) in [6.07, 6.45) is 0.365. The molecule has 0 bridgehead atoms. The van der Waals surface area contributed by atoms with Crippen LogP contribution in [0.4, 0.5) is 0 Å². The van der Waals surface area contributed by atoms with E-state index in [4.69, 9.17) is 4.74 Å². The van der Waals surface area contributed by atoms with Crippen molar-refractivity contribution in [3.63, 3.8) is 0 Å². The van der Waals surface area contributed by atoms with Crippen molar-refractivity contribution in [3.8, 4) is 0 Å². The van der Waals surface area contributed by atoms with Gasteiger partial charge in [-0.3, -0.25) is 0 Å². The Labute approximate surface area is 122 Å². The van der Waals surface area contributed by atoms with Crippen LogP contribution in [0, 0.1) is 0 Å². The number of nitrogens with zero attached hydrogens (tertiary/aromatic N) is 1. The largest absolute Gasteiger partial charge is 0.391 e. The van der Waals surface area contributed by atoms with Crippen LogP contribution in [-0.2, 0) is 24.3 Å². The maximum Gasteiger partial charge on any atom is 0.119 e. The second kappa shape index (κ2) is 6.01. The van der Waals surface area contributed by atoms with Crippen molar-refractivity contribution >= 4 is 11.3 Å². The maximum atomic E-state index is 10.2. The molecular weight excluding hydrogens is 272 g/mol. The van der Waals surface area contributed by atoms with E-state index in [9.17, 15) is 5.11 Å². The first kappa shape index (κ1) is 13.7. The Kier molecular flexibility index (Phi) is 4.12. The number of aliphatic hydroxyl groups excluding tert-OH is 1. The number of thiazole rings is 1. The van der Waals surface area contributed by atoms with Crippen LogP contribution >= 0.6 is 11.3 Å². The van der Waals surface area contributed by atoms with E-state index in [0.717, 1.165) is 17.1 Å². The van der Waals surface area contributed by atoms with E-state index >= 15 is 0 Å². The van der Waals surface area contributed by atoms with Crippen molar-refractivity contribution in [1.29, 1.82) is 0 Å². The molecule has 0 amide bonds. The number of rotatable bonds is 5. The quantitative estimate of drug-likeness (QED) is 0.885. The second-order valence-corrected chi connectivity index (χ2v) is 5.94. The smallest absolute Gasteiger partial charge is 0.119 e. The summed E-state index contributed by atoms with van der Waals surface area (Å²) in [7, 11) is 1.67. The number of methoxy groups -OCH3 is 1. The van der Waals surface area contributed by atoms with Crippen LogP contribution in [0.2, 0.25) is 0 Å². The van der Waals surface area contributed by atoms with Gasteiger partial charge in [-0.2, -0.15) is 0 Å². The lowest BCUT2D eigenvalue weighted by molar-refractivity contribution is 0.140. The van der Waals surface area contributed by atoms with E-state index in [1.54, 1.807) is 18.4 Å². The van der Waals surface area contributed by atoms with Gasteiger partial charge in [-0.1, -0.05) is 24.3 Å². The Bertz CT molecular complexity index is 585. The molecule has 2 aromatic rings. The minimum absolute atomic E-state index is 0.00113. The number of aromatic nitrogens is 1. The molecule has 0 aliphatic heterocycles. The molecular formula is C15H18N2O2S. The molecule has 0 saturated heterocycles. The van der Waals surface area contributed by atoms with E-state index < -0.39 is 0 Å². The van der Waals surface area contributed by atoms with Crippen LogP contribution in [0.15, 0.2) is 29.6 Å². The molecule has 2 N–H and O–H groups in total. The number of hydrogen-bond donors (Lipinski definition) is 2. The fraction of sp³-hybridized carbons (Fsp3) is 0.400. The van der Waals surface area contributed by atoms with Gasteiger partial charge < -0.3 is 15.2 Å². The molecule has 0 unspecified atom stereocenters. The minimum atomic E-state index is -0.357. The lowest BCUT2D eigenvalue weighted by Gasteiger charge is -2.17. The van der Waals surface area contributed by atoms with Gasteiger partial charge in [0.25, 0.3) is 0 Å². The van der Waals surface area contributed by atoms with Gasteiger partial charge in [0.05, 0.1) is 24.4 Å². The van der Waals surface area contributed by atoms with Crippen LogP contribution < -0.4 is 5.32 Å². The molecule has 106 valence electrons. The predicted molar refractivity (Wildman–Crippen MR) is 78.6 cm³/mol. The molecule has 0 saturated carbocycles. The molecule has 20 heavy (non-hydrogen) atoms. The zero-order chi connectivity index (χ0) is 13.9. The third-order valence-electron chi connectivity index (χ3n) is 3.57. The second-order valence-electron chi connectivity index (χ2n) is 4.99. The van der Waals surface area contributed by atoms with Crippen molar-refractivity contribution in [3.05, 3.63) is 51.5 Å². The van der Waals surface area contributed by atoms with Crippen molar-refractivity contribution in [2.24, 2.45) is 0 Å². The van der Waals surface area contributed by atoms with Crippen molar-refractivity contribution < 1.29 is 9.84 Å². The van der Waals surface area contributed by atoms with Gasteiger partial charge >= 0.3 is 0 Å². The van der Waals surface area contributed by atoms with E-state index in [2.05, 4.69) is 22.4 Å². The topological polar surface area (TPSA) is 54.4 Å². The van der Waals surface area contributed by atoms with E-state index in [1.807, 2.05) is 17.5 Å². The first-order valence-electron chi connectivity index (χ1n) is 6.69. The summed E-state index contributed by atoms with van der Waals surface area (Å²) in [5, 5.41) is 16.6. The van der Waals surface area contributed by atoms with Gasteiger partial charge in [0.1, 0.15) is 5.01 Å². The highest BCUT2D eigenvalue weighted by Crippen LogP contribution is 2.31. The maximum absolute atomic E-state index is 10.2. The van der Waals surface area contributed by atoms with Gasteiger partial charge in [-0.05, 0) is 11.1 Å². The Hall–Kier alpha value is -1.27. The van der Waals surface area contributed by atoms with Gasteiger partial charge in [0.15, 0.2) is 0 Å². The minimum Gasteiger partial charge on any atom is -0.391 e. The van der Waals surface area contributed by atoms with Crippen LogP contribution in [-0.4, -0.2) is 23.3 Å². The molecule has 0 spiro atoms. The molecule has 1 aliphatic rings. The number of benzene rings is 1. The summed E-state index contributed by atoms with van der Waals surface area (Å²) in [5.41, 5.74) is 3.43. The highest BCUT2D eigenvalue weighted by molar-refractivity contribution is 7.09. The first-order valence-corrected chi connectivity index (χ1v) is 7.57. The van der Waals surface area contributed by atoms with Crippen LogP contribution in [0.1, 0.15) is 27.9 Å². The Morgan fingerprint density at radius 1 is 1.45 bits per heavy atom. The monoisotopic (exact) mass is 290 g/mol. The molecule has 2 atom stereocenters. The van der Waals surface area contributed by atoms with Crippen molar-refractivity contribution in [1.82, 2.24) is 10.3 Å². The molecule has 1 heterocycles. The summed E-state index contributed by atoms with van der Waals surface area (Å²) in [4.78, 5) is 4.49. The summed E-state index contributed by atoms with van der Waals surface area (Å²) < 4.78 is 5.07. The zero-order valence-corrected chi connectivity index (χ0v) is 12.2. The molecule has 1 aromatic carbocycles. The Morgan fingerprint density at radius 2 is 2.30 bits per heavy atom. The summed E-state index contributed by atoms with van der Waals surface area (Å²) in [6, 6.07) is 8.20. The molecule has 0 fully saturated rings. The highest BCUT2D eigenvalue weighted by atomic mass is 32.1. The number of nitrogens with one attached hydrogen (secondary N) is 1. The van der Waals surface area contributed by atoms with E-state index in [1.165, 1.54) is 11.1 Å². The van der Waals surface area contributed by atoms with Crippen LogP contribution in [0.3, 0.4) is 0 Å². The first-order chi connectivity index (χ1) is 9.78. The van der Waals surface area contributed by atoms with Gasteiger partial charge in [0.2, 0.25) is 0 Å². The molecule has 1 aliphatic carbocycles. The van der Waals surface area contributed by atoms with Crippen LogP contribution in [0.25, 0.3) is 0 Å². The Balaban J connectivity index is 1.66. The fourth-order valence-electron chi connectivity index (χ4n) is 2.65. The number of fused-ring (bicyclic) bond motifs is 1. The summed E-state index contributed by atoms with van der Waals surface area (Å²) in [6.45, 7) is 1.22. The normalized spacial score (nSPS) is 21.1. The summed E-state index contributed by atoms with van der Waals surface area (Å²) >= 11 is 1.60. The number of ether oxygens (including phenoxy) is 1. The lowest BCUT2D eigenvalue weighted by Crippen LogP contribution is -2.28. The van der Waals surface area contributed by atoms with Gasteiger partial charge in [0, 0.05) is 25.5 Å². The van der Waals surface area contributed by atoms with E-state index in [-0.39, 0.29) is 12.1 Å². The fourth-order valence-corrected chi connectivity index (χ4v) is 3.42. The molecule has 1 aromatic heterocycles. The van der Waals surface area contributed by atoms with Crippen molar-refractivity contribution in [2.75, 3.05) is 7.11 Å². The molecule has 5 heteroatoms. The van der Waals surface area contributed by atoms with Crippen molar-refractivity contribution in [2.45, 2.75) is 31.7 Å². The third kappa shape index (κ3) is 2.76.